The van der Waals surface area contributed by atoms with Crippen molar-refractivity contribution in [1.82, 2.24) is 25.0 Å². The molecule has 1 aliphatic heterocycles. The van der Waals surface area contributed by atoms with Crippen LogP contribution in [0.3, 0.4) is 0 Å². The van der Waals surface area contributed by atoms with E-state index in [4.69, 9.17) is 29.8 Å². The molecule has 0 spiro atoms. The molecule has 0 bridgehead atoms. The summed E-state index contributed by atoms with van der Waals surface area (Å²) in [4.78, 5) is 98.1. The van der Waals surface area contributed by atoms with Gasteiger partial charge in [0.2, 0.25) is 29.5 Å². The van der Waals surface area contributed by atoms with Gasteiger partial charge in [-0.25, -0.2) is 13.6 Å². The van der Waals surface area contributed by atoms with Gasteiger partial charge in [-0.1, -0.05) is 99.6 Å². The SMILES string of the molecule is CC.CC.CC(=O)CCC(NC(=O)CCOCCOCCOCCOCCNC(=O)CCN1C(=O)CC(C(C)C)C1=O)C(=O)O.CC(CSCC(=O)N(CCCN)C(c1cc(-c2cc(F)ccc2F)cn1Cc1ccccc1)C(C)(C)C)C(=O)O. The van der Waals surface area contributed by atoms with Crippen LogP contribution in [0, 0.1) is 34.8 Å². The summed E-state index contributed by atoms with van der Waals surface area (Å²) in [6, 6.07) is 13.5. The number of nitrogens with zero attached hydrogens (tertiary/aromatic N) is 3. The van der Waals surface area contributed by atoms with Crippen LogP contribution in [-0.2, 0) is 63.8 Å². The molecule has 6 N–H and O–H groups in total. The average Bonchev–Trinajstić information content (AvgIpc) is 2.10. The van der Waals surface area contributed by atoms with Crippen molar-refractivity contribution in [2.45, 2.75) is 133 Å². The van der Waals surface area contributed by atoms with E-state index in [1.165, 1.54) is 29.7 Å². The molecule has 478 valence electrons. The topological polar surface area (TPSA) is 275 Å². The fraction of sp³-hybridized carbons (Fsp3) is 0.613. The van der Waals surface area contributed by atoms with Crippen LogP contribution in [0.15, 0.2) is 60.8 Å². The van der Waals surface area contributed by atoms with E-state index in [0.29, 0.717) is 83.6 Å². The first kappa shape index (κ1) is 76.9. The number of amides is 5. The molecule has 2 heterocycles. The van der Waals surface area contributed by atoms with Crippen molar-refractivity contribution in [3.05, 3.63) is 83.7 Å². The van der Waals surface area contributed by atoms with Gasteiger partial charge in [-0.05, 0) is 67.5 Å². The first-order chi connectivity index (χ1) is 40.4. The minimum atomic E-state index is -1.18. The Morgan fingerprint density at radius 2 is 1.40 bits per heavy atom. The van der Waals surface area contributed by atoms with Gasteiger partial charge in [-0.15, -0.1) is 0 Å². The van der Waals surface area contributed by atoms with Crippen LogP contribution < -0.4 is 16.4 Å². The van der Waals surface area contributed by atoms with E-state index in [1.54, 1.807) is 6.92 Å². The Labute approximate surface area is 506 Å². The molecule has 20 nitrogen and oxygen atoms in total. The minimum Gasteiger partial charge on any atom is -0.481 e. The number of rotatable bonds is 37. The number of imide groups is 1. The van der Waals surface area contributed by atoms with Crippen LogP contribution >= 0.6 is 11.8 Å². The first-order valence-electron chi connectivity index (χ1n) is 29.4. The highest BCUT2D eigenvalue weighted by Crippen LogP contribution is 2.41. The molecule has 4 unspecified atom stereocenters. The lowest BCUT2D eigenvalue weighted by Gasteiger charge is -2.41. The zero-order valence-electron chi connectivity index (χ0n) is 51.9. The number of benzene rings is 2. The van der Waals surface area contributed by atoms with Crippen LogP contribution in [0.25, 0.3) is 11.1 Å². The Hall–Kier alpha value is -6.11. The standard InChI is InChI=1S/C31H39F2N3O3S.C27H45N3O11.2C2H6/c1-21(30(38)39)19-40-20-28(37)36(14-8-13-34)29(31(2,3)4)27-15-23(25-16-24(32)11-12-26(25)33)18-35(27)17-22-9-6-5-7-10-22;1-19(2)21-18-25(34)30(26(21)35)9-6-23(32)28-8-11-39-13-15-41-17-16-40-14-12-38-10-7-24(33)29-22(27(36)37)5-4-20(3)31;2*1-2/h5-7,9-12,15-16,18,21,29H,8,13-14,17,19-20,34H2,1-4H3,(H,38,39);19,21-22H,4-18H2,1-3H3,(H,28,32)(H,29,33)(H,36,37);2*1-2H3. The number of nitrogens with two attached hydrogens (primary N) is 1. The van der Waals surface area contributed by atoms with Gasteiger partial charge in [0, 0.05) is 86.6 Å². The number of nitrogens with one attached hydrogen (secondary N) is 2. The summed E-state index contributed by atoms with van der Waals surface area (Å²) in [5.41, 5.74) is 7.91. The highest BCUT2D eigenvalue weighted by atomic mass is 32.2. The largest absolute Gasteiger partial charge is 0.481 e. The molecule has 4 atom stereocenters. The summed E-state index contributed by atoms with van der Waals surface area (Å²) in [5.74, 6) is -4.89. The van der Waals surface area contributed by atoms with Gasteiger partial charge in [-0.2, -0.15) is 11.8 Å². The van der Waals surface area contributed by atoms with Crippen LogP contribution in [0.5, 0.6) is 0 Å². The third-order valence-electron chi connectivity index (χ3n) is 12.9. The van der Waals surface area contributed by atoms with Crippen LogP contribution in [0.1, 0.15) is 132 Å². The van der Waals surface area contributed by atoms with Crippen molar-refractivity contribution >= 4 is 59.0 Å². The normalized spacial score (nSPS) is 14.0. The number of ketones is 1. The molecule has 0 saturated carbocycles. The quantitative estimate of drug-likeness (QED) is 0.0269. The number of carboxylic acids is 2. The number of hydrogen-bond donors (Lipinski definition) is 5. The number of carbonyl (C=O) groups is 8. The third-order valence-corrected chi connectivity index (χ3v) is 14.1. The van der Waals surface area contributed by atoms with Gasteiger partial charge in [0.1, 0.15) is 23.5 Å². The lowest BCUT2D eigenvalue weighted by atomic mass is 9.83. The molecule has 23 heteroatoms. The van der Waals surface area contributed by atoms with E-state index >= 15 is 0 Å². The van der Waals surface area contributed by atoms with Crippen molar-refractivity contribution in [3.63, 3.8) is 0 Å². The van der Waals surface area contributed by atoms with Gasteiger partial charge in [0.05, 0.1) is 70.6 Å². The van der Waals surface area contributed by atoms with Gasteiger partial charge >= 0.3 is 11.9 Å². The number of likely N-dealkylation sites (tertiary alicyclic amines) is 1. The second-order valence-electron chi connectivity index (χ2n) is 21.1. The van der Waals surface area contributed by atoms with E-state index < -0.39 is 52.9 Å². The highest BCUT2D eigenvalue weighted by molar-refractivity contribution is 7.99. The molecule has 4 rings (SSSR count). The molecule has 1 aliphatic rings. The van der Waals surface area contributed by atoms with E-state index in [1.807, 2.05) is 114 Å². The van der Waals surface area contributed by atoms with Gasteiger partial charge in [-0.3, -0.25) is 33.7 Å². The maximum absolute atomic E-state index is 14.9. The van der Waals surface area contributed by atoms with Crippen molar-refractivity contribution in [3.8, 4) is 11.1 Å². The summed E-state index contributed by atoms with van der Waals surface area (Å²) >= 11 is 1.29. The molecule has 1 fully saturated rings. The summed E-state index contributed by atoms with van der Waals surface area (Å²) < 4.78 is 52.5. The van der Waals surface area contributed by atoms with Crippen LogP contribution in [-0.4, -0.2) is 168 Å². The molecule has 85 heavy (non-hydrogen) atoms. The zero-order valence-corrected chi connectivity index (χ0v) is 52.7. The number of Topliss-reactive ketones (excluding diaryl/α,β-unsaturated/α-hetero) is 1. The van der Waals surface area contributed by atoms with E-state index in [2.05, 4.69) is 10.6 Å². The molecule has 1 aromatic heterocycles. The maximum Gasteiger partial charge on any atom is 0.326 e. The number of carbonyl (C=O) groups excluding carboxylic acids is 6. The van der Waals surface area contributed by atoms with Gasteiger partial charge < -0.3 is 59.8 Å². The van der Waals surface area contributed by atoms with Crippen LogP contribution in [0.4, 0.5) is 8.78 Å². The Bertz CT molecular complexity index is 2490. The summed E-state index contributed by atoms with van der Waals surface area (Å²) in [6.07, 6.45) is 2.79. The Morgan fingerprint density at radius 3 is 1.94 bits per heavy atom. The van der Waals surface area contributed by atoms with Crippen molar-refractivity contribution < 1.29 is 76.3 Å². The van der Waals surface area contributed by atoms with Gasteiger partial charge in [0.15, 0.2) is 0 Å². The number of halogens is 2. The molecule has 2 aromatic carbocycles. The molecule has 0 aliphatic carbocycles. The van der Waals surface area contributed by atoms with E-state index in [0.717, 1.165) is 23.4 Å². The third kappa shape index (κ3) is 29.7. The summed E-state index contributed by atoms with van der Waals surface area (Å²) in [6.45, 7) is 25.0. The fourth-order valence-electron chi connectivity index (χ4n) is 8.58. The first-order valence-corrected chi connectivity index (χ1v) is 30.5. The predicted octanol–water partition coefficient (Wildman–Crippen LogP) is 8.17. The van der Waals surface area contributed by atoms with Crippen LogP contribution in [0.2, 0.25) is 0 Å². The van der Waals surface area contributed by atoms with Crippen molar-refractivity contribution in [1.29, 1.82) is 0 Å². The smallest absolute Gasteiger partial charge is 0.326 e. The average molecular weight is 1220 g/mol. The number of carboxylic acid groups (broad SMARTS) is 2. The summed E-state index contributed by atoms with van der Waals surface area (Å²) in [7, 11) is 0. The number of aromatic nitrogens is 1. The molecule has 3 aromatic rings. The lowest BCUT2D eigenvalue weighted by molar-refractivity contribution is -0.142. The zero-order chi connectivity index (χ0) is 64.1. The van der Waals surface area contributed by atoms with E-state index in [9.17, 15) is 52.2 Å². The molecular weight excluding hydrogens is 1120 g/mol. The molecule has 0 radical (unpaired) electrons. The second-order valence-corrected chi connectivity index (χ2v) is 22.1. The molecular formula is C62H96F2N6O14S. The minimum absolute atomic E-state index is 0.00388. The summed E-state index contributed by atoms with van der Waals surface area (Å²) in [5, 5.41) is 23.4. The number of thioether (sulfide) groups is 1. The Balaban J connectivity index is 0.000000803. The Morgan fingerprint density at radius 1 is 0.800 bits per heavy atom. The highest BCUT2D eigenvalue weighted by Gasteiger charge is 2.40. The predicted molar refractivity (Wildman–Crippen MR) is 324 cm³/mol. The Kier molecular flexibility index (Phi) is 38.6. The molecule has 5 amide bonds. The fourth-order valence-corrected chi connectivity index (χ4v) is 9.53. The number of aliphatic carboxylic acids is 2. The monoisotopic (exact) mass is 1220 g/mol. The number of ether oxygens (including phenoxy) is 4. The van der Waals surface area contributed by atoms with Crippen molar-refractivity contribution in [2.75, 3.05) is 90.5 Å². The van der Waals surface area contributed by atoms with Crippen molar-refractivity contribution in [2.24, 2.45) is 28.9 Å². The maximum atomic E-state index is 14.9. The second kappa shape index (κ2) is 42.7. The van der Waals surface area contributed by atoms with E-state index in [-0.39, 0.29) is 104 Å². The van der Waals surface area contributed by atoms with Gasteiger partial charge in [0.25, 0.3) is 0 Å². The number of hydrogen-bond acceptors (Lipinski definition) is 14. The molecule has 1 saturated heterocycles. The lowest BCUT2D eigenvalue weighted by Crippen LogP contribution is -2.44.